The molecule has 0 aliphatic carbocycles. The number of carbonyl (C=O) groups excluding carboxylic acids is 2. The van der Waals surface area contributed by atoms with Crippen molar-refractivity contribution in [3.05, 3.63) is 35.6 Å². The van der Waals surface area contributed by atoms with Crippen LogP contribution in [0.25, 0.3) is 0 Å². The van der Waals surface area contributed by atoms with E-state index in [1.54, 1.807) is 11.0 Å². The van der Waals surface area contributed by atoms with E-state index in [2.05, 4.69) is 5.32 Å². The fourth-order valence-electron chi connectivity index (χ4n) is 2.72. The fourth-order valence-corrected chi connectivity index (χ4v) is 2.72. The number of hydrogen-bond donors (Lipinski definition) is 2. The quantitative estimate of drug-likeness (QED) is 0.834. The number of nitrogens with one attached hydrogen (secondary N) is 1. The van der Waals surface area contributed by atoms with E-state index in [4.69, 9.17) is 0 Å². The lowest BCUT2D eigenvalue weighted by Gasteiger charge is -2.26. The summed E-state index contributed by atoms with van der Waals surface area (Å²) >= 11 is 0. The Morgan fingerprint density at radius 2 is 2.18 bits per heavy atom. The molecule has 0 spiro atoms. The maximum atomic E-state index is 13.6. The minimum atomic E-state index is -1.11. The number of hydrogen-bond acceptors (Lipinski definition) is 3. The molecule has 2 atom stereocenters. The highest BCUT2D eigenvalue weighted by Crippen LogP contribution is 2.18. The molecule has 1 saturated heterocycles. The monoisotopic (exact) mass is 308 g/mol. The molecule has 22 heavy (non-hydrogen) atoms. The topological polar surface area (TPSA) is 69.6 Å². The van der Waals surface area contributed by atoms with Gasteiger partial charge < -0.3 is 15.3 Å². The minimum Gasteiger partial charge on any atom is -0.386 e. The highest BCUT2D eigenvalue weighted by atomic mass is 19.1. The zero-order chi connectivity index (χ0) is 16.1. The van der Waals surface area contributed by atoms with Crippen molar-refractivity contribution >= 4 is 11.8 Å². The smallest absolute Gasteiger partial charge is 0.242 e. The Morgan fingerprint density at radius 1 is 1.45 bits per heavy atom. The van der Waals surface area contributed by atoms with Gasteiger partial charge in [-0.05, 0) is 18.9 Å². The summed E-state index contributed by atoms with van der Waals surface area (Å²) in [6.07, 6.45) is 0.632. The summed E-state index contributed by atoms with van der Waals surface area (Å²) in [7, 11) is 0. The molecule has 1 aromatic rings. The average Bonchev–Trinajstić information content (AvgIpc) is 2.92. The molecule has 1 heterocycles. The first-order valence-corrected chi connectivity index (χ1v) is 7.54. The van der Waals surface area contributed by atoms with E-state index in [0.717, 1.165) is 6.42 Å². The van der Waals surface area contributed by atoms with E-state index in [-0.39, 0.29) is 23.9 Å². The van der Waals surface area contributed by atoms with Crippen LogP contribution in [0.2, 0.25) is 0 Å². The second kappa shape index (κ2) is 7.35. The third-order valence-corrected chi connectivity index (χ3v) is 3.91. The van der Waals surface area contributed by atoms with Crippen LogP contribution in [-0.2, 0) is 9.59 Å². The van der Waals surface area contributed by atoms with Gasteiger partial charge in [0.1, 0.15) is 11.9 Å². The highest BCUT2D eigenvalue weighted by molar-refractivity contribution is 5.88. The maximum Gasteiger partial charge on any atom is 0.242 e. The largest absolute Gasteiger partial charge is 0.386 e. The molecule has 0 bridgehead atoms. The number of nitrogens with zero attached hydrogens (tertiary/aromatic N) is 1. The van der Waals surface area contributed by atoms with Crippen LogP contribution in [0.4, 0.5) is 4.39 Å². The Hall–Kier alpha value is -1.95. The van der Waals surface area contributed by atoms with Gasteiger partial charge in [-0.1, -0.05) is 25.1 Å². The SMILES string of the molecule is CC[C@H](C(=O)NC[C@@H](O)c1ccccc1F)N1CCCC1=O. The van der Waals surface area contributed by atoms with Gasteiger partial charge in [0.25, 0.3) is 0 Å². The van der Waals surface area contributed by atoms with Crippen LogP contribution in [0.3, 0.4) is 0 Å². The number of benzene rings is 1. The normalized spacial score (nSPS) is 17.4. The maximum absolute atomic E-state index is 13.6. The van der Waals surface area contributed by atoms with Gasteiger partial charge in [0.15, 0.2) is 0 Å². The van der Waals surface area contributed by atoms with E-state index in [9.17, 15) is 19.1 Å². The second-order valence-electron chi connectivity index (χ2n) is 5.40. The third-order valence-electron chi connectivity index (χ3n) is 3.91. The zero-order valence-electron chi connectivity index (χ0n) is 12.6. The van der Waals surface area contributed by atoms with Crippen molar-refractivity contribution in [1.82, 2.24) is 10.2 Å². The molecule has 6 heteroatoms. The molecule has 0 radical (unpaired) electrons. The van der Waals surface area contributed by atoms with Gasteiger partial charge in [-0.25, -0.2) is 4.39 Å². The van der Waals surface area contributed by atoms with Crippen LogP contribution in [-0.4, -0.2) is 41.0 Å². The molecule has 5 nitrogen and oxygen atoms in total. The Bertz CT molecular complexity index is 550. The first-order valence-electron chi connectivity index (χ1n) is 7.54. The van der Waals surface area contributed by atoms with Crippen LogP contribution in [0, 0.1) is 5.82 Å². The number of likely N-dealkylation sites (tertiary alicyclic amines) is 1. The number of carbonyl (C=O) groups is 2. The van der Waals surface area contributed by atoms with E-state index >= 15 is 0 Å². The lowest BCUT2D eigenvalue weighted by molar-refractivity contribution is -0.137. The van der Waals surface area contributed by atoms with Crippen molar-refractivity contribution in [1.29, 1.82) is 0 Å². The van der Waals surface area contributed by atoms with Gasteiger partial charge in [0.05, 0.1) is 6.10 Å². The molecule has 1 aromatic carbocycles. The lowest BCUT2D eigenvalue weighted by atomic mass is 10.1. The number of aliphatic hydroxyl groups is 1. The Labute approximate surface area is 129 Å². The molecular weight excluding hydrogens is 287 g/mol. The second-order valence-corrected chi connectivity index (χ2v) is 5.40. The predicted octanol–water partition coefficient (Wildman–Crippen LogP) is 1.38. The molecule has 0 unspecified atom stereocenters. The fraction of sp³-hybridized carbons (Fsp3) is 0.500. The standard InChI is InChI=1S/C16H21FN2O3/c1-2-13(19-9-5-8-15(19)21)16(22)18-10-14(20)11-6-3-4-7-12(11)17/h3-4,6-7,13-14,20H,2,5,8-10H2,1H3,(H,18,22)/t13-,14-/m1/s1. The minimum absolute atomic E-state index is 0.0170. The van der Waals surface area contributed by atoms with Crippen molar-refractivity contribution in [2.45, 2.75) is 38.3 Å². The van der Waals surface area contributed by atoms with E-state index in [0.29, 0.717) is 19.4 Å². The Balaban J connectivity index is 1.94. The molecule has 2 amide bonds. The summed E-state index contributed by atoms with van der Waals surface area (Å²) in [6.45, 7) is 2.34. The Morgan fingerprint density at radius 3 is 2.77 bits per heavy atom. The molecule has 120 valence electrons. The number of rotatable bonds is 6. The van der Waals surface area contributed by atoms with Gasteiger partial charge in [0, 0.05) is 25.1 Å². The van der Waals surface area contributed by atoms with E-state index in [1.807, 2.05) is 6.92 Å². The van der Waals surface area contributed by atoms with Crippen LogP contribution >= 0.6 is 0 Å². The van der Waals surface area contributed by atoms with Gasteiger partial charge in [0.2, 0.25) is 11.8 Å². The van der Waals surface area contributed by atoms with E-state index in [1.165, 1.54) is 18.2 Å². The third kappa shape index (κ3) is 3.62. The number of aliphatic hydroxyl groups excluding tert-OH is 1. The summed E-state index contributed by atoms with van der Waals surface area (Å²) in [5.41, 5.74) is 0.146. The lowest BCUT2D eigenvalue weighted by Crippen LogP contribution is -2.48. The molecule has 1 fully saturated rings. The Kier molecular flexibility index (Phi) is 5.49. The zero-order valence-corrected chi connectivity index (χ0v) is 12.6. The summed E-state index contributed by atoms with van der Waals surface area (Å²) in [6, 6.07) is 5.38. The molecule has 0 saturated carbocycles. The van der Waals surface area contributed by atoms with Gasteiger partial charge in [-0.2, -0.15) is 0 Å². The van der Waals surface area contributed by atoms with Crippen LogP contribution in [0.15, 0.2) is 24.3 Å². The van der Waals surface area contributed by atoms with Gasteiger partial charge >= 0.3 is 0 Å². The van der Waals surface area contributed by atoms with Crippen LogP contribution < -0.4 is 5.32 Å². The van der Waals surface area contributed by atoms with Crippen molar-refractivity contribution < 1.29 is 19.1 Å². The molecule has 1 aliphatic heterocycles. The summed E-state index contributed by atoms with van der Waals surface area (Å²) in [5, 5.41) is 12.6. The first kappa shape index (κ1) is 16.4. The molecule has 2 N–H and O–H groups in total. The van der Waals surface area contributed by atoms with E-state index < -0.39 is 18.0 Å². The molecule has 2 rings (SSSR count). The molecule has 1 aliphatic rings. The number of halogens is 1. The summed E-state index contributed by atoms with van der Waals surface area (Å²) in [4.78, 5) is 25.5. The van der Waals surface area contributed by atoms with Crippen molar-refractivity contribution in [3.63, 3.8) is 0 Å². The van der Waals surface area contributed by atoms with Gasteiger partial charge in [-0.15, -0.1) is 0 Å². The van der Waals surface area contributed by atoms with Crippen molar-refractivity contribution in [2.24, 2.45) is 0 Å². The van der Waals surface area contributed by atoms with Crippen molar-refractivity contribution in [3.8, 4) is 0 Å². The summed E-state index contributed by atoms with van der Waals surface area (Å²) in [5.74, 6) is -0.837. The van der Waals surface area contributed by atoms with Gasteiger partial charge in [-0.3, -0.25) is 9.59 Å². The predicted molar refractivity (Wildman–Crippen MR) is 79.4 cm³/mol. The van der Waals surface area contributed by atoms with Crippen molar-refractivity contribution in [2.75, 3.05) is 13.1 Å². The molecule has 0 aromatic heterocycles. The van der Waals surface area contributed by atoms with Crippen LogP contribution in [0.5, 0.6) is 0 Å². The average molecular weight is 308 g/mol. The molecular formula is C16H21FN2O3. The van der Waals surface area contributed by atoms with Crippen LogP contribution in [0.1, 0.15) is 37.9 Å². The highest BCUT2D eigenvalue weighted by Gasteiger charge is 2.31. The number of amides is 2. The summed E-state index contributed by atoms with van der Waals surface area (Å²) < 4.78 is 13.6. The first-order chi connectivity index (χ1) is 10.5.